The van der Waals surface area contributed by atoms with Crippen molar-refractivity contribution in [1.82, 2.24) is 0 Å². The van der Waals surface area contributed by atoms with E-state index < -0.39 is 46.5 Å². The van der Waals surface area contributed by atoms with Crippen LogP contribution in [-0.2, 0) is 4.79 Å². The minimum absolute atomic E-state index is 0.0163. The maximum Gasteiger partial charge on any atom is 0.277 e. The van der Waals surface area contributed by atoms with Crippen LogP contribution in [0.25, 0.3) is 0 Å². The van der Waals surface area contributed by atoms with Crippen LogP contribution in [0, 0.1) is 52.3 Å². The van der Waals surface area contributed by atoms with Crippen molar-refractivity contribution in [1.29, 1.82) is 0 Å². The van der Waals surface area contributed by atoms with Gasteiger partial charge in [-0.15, -0.1) is 0 Å². The second-order valence-electron chi connectivity index (χ2n) is 13.4. The summed E-state index contributed by atoms with van der Waals surface area (Å²) in [5.74, 6) is -11.7. The Hall–Kier alpha value is -0.870. The molecule has 7 N–H and O–H groups in total. The molecule has 4 aliphatic carbocycles. The molecule has 0 aromatic rings. The monoisotopic (exact) mass is 510 g/mol. The summed E-state index contributed by atoms with van der Waals surface area (Å²) < 4.78 is 0. The second-order valence-corrected chi connectivity index (χ2v) is 13.4. The first-order valence-electron chi connectivity index (χ1n) is 13.6. The molecule has 0 aromatic heterocycles. The predicted molar refractivity (Wildman–Crippen MR) is 132 cm³/mol. The maximum absolute atomic E-state index is 13.4. The molecule has 0 saturated heterocycles. The summed E-state index contributed by atoms with van der Waals surface area (Å²) in [5.41, 5.74) is -1.26. The Labute approximate surface area is 214 Å². The number of carbonyl (C=O) groups excluding carboxylic acids is 1. The zero-order valence-electron chi connectivity index (χ0n) is 22.5. The summed E-state index contributed by atoms with van der Waals surface area (Å²) in [6.07, 6.45) is 4.50. The van der Waals surface area contributed by atoms with Gasteiger partial charge in [-0.25, -0.2) is 0 Å². The van der Waals surface area contributed by atoms with E-state index in [-0.39, 0.29) is 11.3 Å². The summed E-state index contributed by atoms with van der Waals surface area (Å²) >= 11 is 0. The average molecular weight is 511 g/mol. The quantitative estimate of drug-likeness (QED) is 0.275. The van der Waals surface area contributed by atoms with E-state index in [9.17, 15) is 40.5 Å². The lowest BCUT2D eigenvalue weighted by molar-refractivity contribution is -0.519. The molecule has 4 aliphatic rings. The van der Waals surface area contributed by atoms with Crippen LogP contribution in [0.1, 0.15) is 80.1 Å². The molecule has 206 valence electrons. The topological polar surface area (TPSA) is 159 Å². The first-order chi connectivity index (χ1) is 16.4. The Morgan fingerprint density at radius 2 is 1.50 bits per heavy atom. The molecule has 8 heteroatoms. The third-order valence-corrected chi connectivity index (χ3v) is 11.6. The molecule has 2 unspecified atom stereocenters. The first-order valence-corrected chi connectivity index (χ1v) is 13.6. The van der Waals surface area contributed by atoms with Crippen LogP contribution in [0.3, 0.4) is 0 Å². The highest BCUT2D eigenvalue weighted by atomic mass is 16.7. The third-order valence-electron chi connectivity index (χ3n) is 11.6. The predicted octanol–water partition coefficient (Wildman–Crippen LogP) is 1.69. The second kappa shape index (κ2) is 8.57. The number of fused-ring (bicyclic) bond motifs is 5. The fourth-order valence-corrected chi connectivity index (χ4v) is 8.66. The summed E-state index contributed by atoms with van der Waals surface area (Å²) in [7, 11) is 0. The Morgan fingerprint density at radius 1 is 0.889 bits per heavy atom. The van der Waals surface area contributed by atoms with Crippen LogP contribution in [-0.4, -0.2) is 65.0 Å². The van der Waals surface area contributed by atoms with E-state index in [1.54, 1.807) is 0 Å². The number of ketones is 1. The van der Waals surface area contributed by atoms with Crippen molar-refractivity contribution in [2.45, 2.75) is 104 Å². The van der Waals surface area contributed by atoms with Crippen molar-refractivity contribution < 1.29 is 40.5 Å². The molecule has 9 atom stereocenters. The van der Waals surface area contributed by atoms with E-state index in [4.69, 9.17) is 0 Å². The Balaban J connectivity index is 1.69. The largest absolute Gasteiger partial charge is 0.386 e. The SMILES string of the molecule is CC(C)[C@@H](C)CC[C@@H](C)[C@H]1CC[C@H]2C3=CC(=O)C4C(O)C(O)(O)C(O)(O)C(O)(O)[C@]4(C)[C@H]3CC[C@]12C. The van der Waals surface area contributed by atoms with Crippen molar-refractivity contribution in [3.8, 4) is 0 Å². The standard InChI is InChI=1S/C28H46O8/c1-14(2)15(3)7-8-16(4)18-9-10-19-17-13-21(29)22-23(30)26(31,32)28(35,36)27(33,34)25(22,6)20(17)11-12-24(18,19)5/h13-16,18-20,22-23,30-36H,7-12H2,1-6H3/t15-,16+,18+,19-,20-,22?,23?,24+,25+/m0/s1. The van der Waals surface area contributed by atoms with Gasteiger partial charge in [0.05, 0.1) is 5.92 Å². The zero-order valence-corrected chi connectivity index (χ0v) is 22.5. The molecule has 3 fully saturated rings. The molecule has 3 saturated carbocycles. The maximum atomic E-state index is 13.4. The van der Waals surface area contributed by atoms with E-state index >= 15 is 0 Å². The third kappa shape index (κ3) is 3.41. The molecule has 0 aliphatic heterocycles. The molecule has 36 heavy (non-hydrogen) atoms. The van der Waals surface area contributed by atoms with Crippen LogP contribution in [0.15, 0.2) is 11.6 Å². The highest BCUT2D eigenvalue weighted by molar-refractivity contribution is 5.95. The Morgan fingerprint density at radius 3 is 2.08 bits per heavy atom. The van der Waals surface area contributed by atoms with Crippen LogP contribution in [0.4, 0.5) is 0 Å². The molecular weight excluding hydrogens is 464 g/mol. The molecule has 0 spiro atoms. The number of hydrogen-bond acceptors (Lipinski definition) is 8. The van der Waals surface area contributed by atoms with Crippen LogP contribution < -0.4 is 0 Å². The Kier molecular flexibility index (Phi) is 6.70. The van der Waals surface area contributed by atoms with Gasteiger partial charge in [-0.05, 0) is 72.7 Å². The molecular formula is C28H46O8. The van der Waals surface area contributed by atoms with Crippen LogP contribution >= 0.6 is 0 Å². The highest BCUT2D eigenvalue weighted by Gasteiger charge is 2.81. The van der Waals surface area contributed by atoms with E-state index in [0.29, 0.717) is 30.1 Å². The minimum Gasteiger partial charge on any atom is -0.386 e. The number of rotatable bonds is 5. The average Bonchev–Trinajstić information content (AvgIpc) is 3.13. The van der Waals surface area contributed by atoms with Gasteiger partial charge in [-0.3, -0.25) is 4.79 Å². The lowest BCUT2D eigenvalue weighted by Crippen LogP contribution is -2.85. The van der Waals surface area contributed by atoms with Gasteiger partial charge in [0.15, 0.2) is 5.78 Å². The van der Waals surface area contributed by atoms with Gasteiger partial charge < -0.3 is 35.7 Å². The molecule has 0 bridgehead atoms. The number of aliphatic hydroxyl groups excluding tert-OH is 1. The van der Waals surface area contributed by atoms with Crippen molar-refractivity contribution in [3.63, 3.8) is 0 Å². The molecule has 8 nitrogen and oxygen atoms in total. The van der Waals surface area contributed by atoms with Gasteiger partial charge >= 0.3 is 0 Å². The van der Waals surface area contributed by atoms with E-state index in [1.807, 2.05) is 0 Å². The lowest BCUT2D eigenvalue weighted by Gasteiger charge is -2.65. The van der Waals surface area contributed by atoms with Gasteiger partial charge in [-0.2, -0.15) is 0 Å². The summed E-state index contributed by atoms with van der Waals surface area (Å²) in [5, 5.41) is 74.7. The van der Waals surface area contributed by atoms with Crippen molar-refractivity contribution in [3.05, 3.63) is 11.6 Å². The van der Waals surface area contributed by atoms with Gasteiger partial charge in [-0.1, -0.05) is 60.0 Å². The molecule has 0 amide bonds. The molecule has 4 rings (SSSR count). The fourth-order valence-electron chi connectivity index (χ4n) is 8.66. The summed E-state index contributed by atoms with van der Waals surface area (Å²) in [4.78, 5) is 13.4. The normalized spacial score (nSPS) is 44.3. The van der Waals surface area contributed by atoms with Crippen molar-refractivity contribution >= 4 is 5.78 Å². The van der Waals surface area contributed by atoms with Crippen molar-refractivity contribution in [2.24, 2.45) is 52.3 Å². The number of hydrogen-bond donors (Lipinski definition) is 7. The first kappa shape index (κ1) is 28.1. The smallest absolute Gasteiger partial charge is 0.277 e. The zero-order chi connectivity index (χ0) is 27.2. The Bertz CT molecular complexity index is 923. The van der Waals surface area contributed by atoms with Crippen LogP contribution in [0.2, 0.25) is 0 Å². The van der Waals surface area contributed by atoms with Gasteiger partial charge in [0.1, 0.15) is 6.10 Å². The fraction of sp³-hybridized carbons (Fsp3) is 0.893. The minimum atomic E-state index is -3.88. The lowest BCUT2D eigenvalue weighted by atomic mass is 9.44. The van der Waals surface area contributed by atoms with E-state index in [1.165, 1.54) is 13.0 Å². The van der Waals surface area contributed by atoms with E-state index in [2.05, 4.69) is 34.6 Å². The summed E-state index contributed by atoms with van der Waals surface area (Å²) in [6.45, 7) is 12.7. The molecule has 0 radical (unpaired) electrons. The molecule has 0 aromatic carbocycles. The number of aliphatic hydroxyl groups is 7. The number of allylic oxidation sites excluding steroid dienone is 2. The summed E-state index contributed by atoms with van der Waals surface area (Å²) in [6, 6.07) is 0. The van der Waals surface area contributed by atoms with E-state index in [0.717, 1.165) is 37.7 Å². The highest BCUT2D eigenvalue weighted by Crippen LogP contribution is 2.69. The van der Waals surface area contributed by atoms with Gasteiger partial charge in [0.25, 0.3) is 11.6 Å². The van der Waals surface area contributed by atoms with Crippen LogP contribution in [0.5, 0.6) is 0 Å². The molecule has 0 heterocycles. The van der Waals surface area contributed by atoms with Gasteiger partial charge in [0.2, 0.25) is 5.79 Å². The van der Waals surface area contributed by atoms with Gasteiger partial charge in [0, 0.05) is 5.41 Å². The van der Waals surface area contributed by atoms with Crippen molar-refractivity contribution in [2.75, 3.05) is 0 Å². The number of carbonyl (C=O) groups is 1.